The molecule has 4 nitrogen and oxygen atoms in total. The summed E-state index contributed by atoms with van der Waals surface area (Å²) in [5.74, 6) is 0.193. The zero-order valence-corrected chi connectivity index (χ0v) is 17.5. The number of amides is 1. The first-order chi connectivity index (χ1) is 12.2. The third-order valence-corrected chi connectivity index (χ3v) is 6.05. The highest BCUT2D eigenvalue weighted by Crippen LogP contribution is 2.31. The Labute approximate surface area is 167 Å². The number of piperazine rings is 1. The monoisotopic (exact) mass is 395 g/mol. The number of benzene rings is 1. The normalized spacial score (nSPS) is 15.1. The molecule has 0 unspecified atom stereocenters. The number of carbonyl (C=O) groups excluding carboxylic acids is 1. The predicted octanol–water partition coefficient (Wildman–Crippen LogP) is 4.09. The first-order valence-electron chi connectivity index (χ1n) is 9.38. The smallest absolute Gasteiger partial charge is 0.219 e. The van der Waals surface area contributed by atoms with Gasteiger partial charge in [0, 0.05) is 62.0 Å². The van der Waals surface area contributed by atoms with E-state index in [0.717, 1.165) is 52.2 Å². The summed E-state index contributed by atoms with van der Waals surface area (Å²) in [7, 11) is 0. The molecule has 0 atom stereocenters. The van der Waals surface area contributed by atoms with E-state index in [1.54, 1.807) is 6.92 Å². The van der Waals surface area contributed by atoms with Crippen molar-refractivity contribution in [3.63, 3.8) is 0 Å². The molecular weight excluding hydrogens is 366 g/mol. The van der Waals surface area contributed by atoms with Crippen molar-refractivity contribution in [3.8, 4) is 0 Å². The van der Waals surface area contributed by atoms with Crippen LogP contribution in [-0.4, -0.2) is 61.5 Å². The first-order valence-corrected chi connectivity index (χ1v) is 10.3. The molecule has 0 N–H and O–H groups in total. The first kappa shape index (κ1) is 21.0. The standard InChI is InChI=1S/C20H29N3OS.ClH/c1-3-22(17(2)24)11-5-4-10-21-12-14-23(15-13-21)19-7-6-8-20-18(19)9-16-25-20;/h6-9,16H,3-5,10-15H2,1-2H3;1H. The minimum Gasteiger partial charge on any atom is -0.368 e. The molecule has 1 amide bonds. The van der Waals surface area contributed by atoms with Crippen LogP contribution in [0, 0.1) is 0 Å². The number of rotatable bonds is 7. The molecule has 26 heavy (non-hydrogen) atoms. The molecule has 2 aromatic rings. The Morgan fingerprint density at radius 3 is 2.62 bits per heavy atom. The second kappa shape index (κ2) is 10.1. The molecule has 144 valence electrons. The maximum atomic E-state index is 11.4. The number of hydrogen-bond acceptors (Lipinski definition) is 4. The summed E-state index contributed by atoms with van der Waals surface area (Å²) in [5, 5.41) is 3.58. The lowest BCUT2D eigenvalue weighted by Gasteiger charge is -2.36. The molecule has 0 radical (unpaired) electrons. The van der Waals surface area contributed by atoms with Crippen molar-refractivity contribution in [3.05, 3.63) is 29.6 Å². The second-order valence-corrected chi connectivity index (χ2v) is 7.69. The largest absolute Gasteiger partial charge is 0.368 e. The molecule has 1 aliphatic rings. The lowest BCUT2D eigenvalue weighted by molar-refractivity contribution is -0.128. The van der Waals surface area contributed by atoms with Gasteiger partial charge in [0.05, 0.1) is 0 Å². The van der Waals surface area contributed by atoms with Gasteiger partial charge in [-0.15, -0.1) is 23.7 Å². The molecule has 1 aromatic carbocycles. The Morgan fingerprint density at radius 2 is 1.92 bits per heavy atom. The molecule has 2 heterocycles. The number of hydrogen-bond donors (Lipinski definition) is 0. The van der Waals surface area contributed by atoms with Crippen LogP contribution in [0.4, 0.5) is 5.69 Å². The van der Waals surface area contributed by atoms with Crippen molar-refractivity contribution in [2.75, 3.05) is 50.7 Å². The van der Waals surface area contributed by atoms with Gasteiger partial charge in [0.25, 0.3) is 0 Å². The molecule has 0 spiro atoms. The summed E-state index contributed by atoms with van der Waals surface area (Å²) in [5.41, 5.74) is 1.39. The van der Waals surface area contributed by atoms with Crippen LogP contribution in [0.3, 0.4) is 0 Å². The van der Waals surface area contributed by atoms with Gasteiger partial charge in [0.15, 0.2) is 0 Å². The molecule has 1 saturated heterocycles. The van der Waals surface area contributed by atoms with E-state index >= 15 is 0 Å². The lowest BCUT2D eigenvalue weighted by atomic mass is 10.1. The van der Waals surface area contributed by atoms with E-state index in [9.17, 15) is 4.79 Å². The highest BCUT2D eigenvalue weighted by molar-refractivity contribution is 7.17. The number of carbonyl (C=O) groups is 1. The Bertz CT molecular complexity index is 697. The number of anilines is 1. The Balaban J connectivity index is 0.00000243. The third kappa shape index (κ3) is 5.12. The van der Waals surface area contributed by atoms with Crippen LogP contribution in [0.1, 0.15) is 26.7 Å². The number of unbranched alkanes of at least 4 members (excludes halogenated alkanes) is 1. The minimum absolute atomic E-state index is 0. The van der Waals surface area contributed by atoms with Crippen LogP contribution >= 0.6 is 23.7 Å². The fourth-order valence-electron chi connectivity index (χ4n) is 3.64. The van der Waals surface area contributed by atoms with Crippen LogP contribution < -0.4 is 4.90 Å². The molecule has 1 fully saturated rings. The number of fused-ring (bicyclic) bond motifs is 1. The maximum absolute atomic E-state index is 11.4. The van der Waals surface area contributed by atoms with Gasteiger partial charge in [0.1, 0.15) is 0 Å². The van der Waals surface area contributed by atoms with E-state index in [2.05, 4.69) is 46.4 Å². The van der Waals surface area contributed by atoms with Gasteiger partial charge in [-0.1, -0.05) is 6.07 Å². The van der Waals surface area contributed by atoms with E-state index in [4.69, 9.17) is 0 Å². The highest BCUT2D eigenvalue weighted by atomic mass is 35.5. The summed E-state index contributed by atoms with van der Waals surface area (Å²) in [4.78, 5) is 18.4. The van der Waals surface area contributed by atoms with Crippen molar-refractivity contribution in [1.82, 2.24) is 9.80 Å². The summed E-state index contributed by atoms with van der Waals surface area (Å²) < 4.78 is 1.38. The molecule has 1 aromatic heterocycles. The number of thiophene rings is 1. The summed E-state index contributed by atoms with van der Waals surface area (Å²) >= 11 is 1.82. The van der Waals surface area contributed by atoms with Crippen molar-refractivity contribution in [2.24, 2.45) is 0 Å². The van der Waals surface area contributed by atoms with E-state index in [1.807, 2.05) is 16.2 Å². The third-order valence-electron chi connectivity index (χ3n) is 5.17. The van der Waals surface area contributed by atoms with E-state index in [1.165, 1.54) is 22.2 Å². The van der Waals surface area contributed by atoms with Gasteiger partial charge in [-0.25, -0.2) is 0 Å². The van der Waals surface area contributed by atoms with E-state index in [0.29, 0.717) is 0 Å². The highest BCUT2D eigenvalue weighted by Gasteiger charge is 2.18. The van der Waals surface area contributed by atoms with E-state index < -0.39 is 0 Å². The SMILES string of the molecule is CCN(CCCCN1CCN(c2cccc3sccc23)CC1)C(C)=O.Cl. The second-order valence-electron chi connectivity index (χ2n) is 6.74. The summed E-state index contributed by atoms with van der Waals surface area (Å²) in [6, 6.07) is 8.89. The molecule has 1 aliphatic heterocycles. The fraction of sp³-hybridized carbons (Fsp3) is 0.550. The van der Waals surface area contributed by atoms with Crippen LogP contribution in [0.15, 0.2) is 29.6 Å². The van der Waals surface area contributed by atoms with E-state index in [-0.39, 0.29) is 18.3 Å². The molecular formula is C20H30ClN3OS. The Kier molecular flexibility index (Phi) is 8.19. The number of halogens is 1. The number of nitrogens with zero attached hydrogens (tertiary/aromatic N) is 3. The minimum atomic E-state index is 0. The molecule has 6 heteroatoms. The van der Waals surface area contributed by atoms with Crippen LogP contribution in [0.5, 0.6) is 0 Å². The van der Waals surface area contributed by atoms with Gasteiger partial charge in [-0.2, -0.15) is 0 Å². The summed E-state index contributed by atoms with van der Waals surface area (Å²) in [6.07, 6.45) is 2.27. The predicted molar refractivity (Wildman–Crippen MR) is 115 cm³/mol. The van der Waals surface area contributed by atoms with Crippen LogP contribution in [0.2, 0.25) is 0 Å². The zero-order chi connectivity index (χ0) is 17.6. The fourth-order valence-corrected chi connectivity index (χ4v) is 4.45. The lowest BCUT2D eigenvalue weighted by Crippen LogP contribution is -2.46. The summed E-state index contributed by atoms with van der Waals surface area (Å²) in [6.45, 7) is 11.0. The van der Waals surface area contributed by atoms with Gasteiger partial charge >= 0.3 is 0 Å². The topological polar surface area (TPSA) is 26.8 Å². The van der Waals surface area contributed by atoms with Crippen molar-refractivity contribution >= 4 is 45.4 Å². The zero-order valence-electron chi connectivity index (χ0n) is 15.8. The molecule has 0 saturated carbocycles. The average molecular weight is 396 g/mol. The van der Waals surface area contributed by atoms with Crippen molar-refractivity contribution in [2.45, 2.75) is 26.7 Å². The van der Waals surface area contributed by atoms with Gasteiger partial charge in [-0.3, -0.25) is 9.69 Å². The average Bonchev–Trinajstić information content (AvgIpc) is 3.11. The van der Waals surface area contributed by atoms with Gasteiger partial charge in [-0.05, 0) is 49.9 Å². The van der Waals surface area contributed by atoms with Crippen molar-refractivity contribution < 1.29 is 4.79 Å². The Morgan fingerprint density at radius 1 is 1.15 bits per heavy atom. The van der Waals surface area contributed by atoms with Crippen LogP contribution in [0.25, 0.3) is 10.1 Å². The van der Waals surface area contributed by atoms with Gasteiger partial charge < -0.3 is 9.80 Å². The molecule has 0 bridgehead atoms. The molecule has 3 rings (SSSR count). The molecule has 0 aliphatic carbocycles. The van der Waals surface area contributed by atoms with Crippen molar-refractivity contribution in [1.29, 1.82) is 0 Å². The van der Waals surface area contributed by atoms with Gasteiger partial charge in [0.2, 0.25) is 5.91 Å². The van der Waals surface area contributed by atoms with Crippen LogP contribution in [-0.2, 0) is 4.79 Å². The Hall–Kier alpha value is -1.30. The quantitative estimate of drug-likeness (QED) is 0.660. The maximum Gasteiger partial charge on any atom is 0.219 e.